The first-order valence-electron chi connectivity index (χ1n) is 6.50. The Bertz CT molecular complexity index is 359. The van der Waals surface area contributed by atoms with E-state index in [9.17, 15) is 0 Å². The molecule has 1 rings (SSSR count). The summed E-state index contributed by atoms with van der Waals surface area (Å²) in [5, 5.41) is 0. The van der Waals surface area contributed by atoms with Crippen molar-refractivity contribution in [1.82, 2.24) is 0 Å². The zero-order valence-electron chi connectivity index (χ0n) is 11.0. The van der Waals surface area contributed by atoms with Crippen molar-refractivity contribution in [1.29, 1.82) is 0 Å². The highest BCUT2D eigenvalue weighted by Crippen LogP contribution is 2.15. The van der Waals surface area contributed by atoms with Crippen LogP contribution in [0.15, 0.2) is 35.4 Å². The third kappa shape index (κ3) is 5.56. The first kappa shape index (κ1) is 15.1. The molecule has 0 aliphatic heterocycles. The van der Waals surface area contributed by atoms with Crippen molar-refractivity contribution < 1.29 is 4.74 Å². The molecular weight excluding hydrogens is 246 g/mol. The highest BCUT2D eigenvalue weighted by atomic mass is 35.5. The number of hydrogen-bond acceptors (Lipinski definition) is 2. The molecule has 1 aromatic carbocycles. The number of rotatable bonds is 8. The molecule has 0 fully saturated rings. The maximum atomic E-state index is 5.67. The smallest absolute Gasteiger partial charge is 0.119 e. The van der Waals surface area contributed by atoms with Crippen molar-refractivity contribution in [2.24, 2.45) is 5.73 Å². The highest BCUT2D eigenvalue weighted by molar-refractivity contribution is 6.25. The van der Waals surface area contributed by atoms with Crippen LogP contribution in [-0.2, 0) is 6.42 Å². The van der Waals surface area contributed by atoms with Crippen LogP contribution in [0.2, 0.25) is 0 Å². The monoisotopic (exact) mass is 267 g/mol. The second-order valence-electron chi connectivity index (χ2n) is 4.32. The number of ether oxygens (including phenoxy) is 1. The fourth-order valence-electron chi connectivity index (χ4n) is 1.59. The van der Waals surface area contributed by atoms with Crippen molar-refractivity contribution in [3.8, 4) is 5.75 Å². The van der Waals surface area contributed by atoms with Crippen LogP contribution in [0.25, 0.3) is 0 Å². The highest BCUT2D eigenvalue weighted by Gasteiger charge is 1.98. The van der Waals surface area contributed by atoms with E-state index in [4.69, 9.17) is 22.1 Å². The van der Waals surface area contributed by atoms with Gasteiger partial charge in [-0.1, -0.05) is 37.1 Å². The van der Waals surface area contributed by atoms with Gasteiger partial charge in [0.2, 0.25) is 0 Å². The molecule has 0 heterocycles. The Hall–Kier alpha value is -0.990. The molecule has 3 heteroatoms. The summed E-state index contributed by atoms with van der Waals surface area (Å²) in [6.07, 6.45) is 4.13. The van der Waals surface area contributed by atoms with Gasteiger partial charge >= 0.3 is 0 Å². The van der Waals surface area contributed by atoms with Gasteiger partial charge in [0.05, 0.1) is 6.61 Å². The molecule has 0 amide bonds. The van der Waals surface area contributed by atoms with Crippen molar-refractivity contribution in [2.75, 3.05) is 13.2 Å². The summed E-state index contributed by atoms with van der Waals surface area (Å²) in [7, 11) is 0. The first-order valence-corrected chi connectivity index (χ1v) is 6.93. The Labute approximate surface area is 115 Å². The number of benzene rings is 1. The van der Waals surface area contributed by atoms with Gasteiger partial charge in [-0.3, -0.25) is 0 Å². The minimum atomic E-state index is 0.529. The van der Waals surface area contributed by atoms with Gasteiger partial charge in [0.15, 0.2) is 0 Å². The molecule has 18 heavy (non-hydrogen) atoms. The molecule has 0 aliphatic rings. The third-order valence-corrected chi connectivity index (χ3v) is 3.15. The predicted octanol–water partition coefficient (Wildman–Crippen LogP) is 3.88. The fourth-order valence-corrected chi connectivity index (χ4v) is 1.79. The molecular formula is C15H22ClNO. The van der Waals surface area contributed by atoms with Gasteiger partial charge < -0.3 is 10.5 Å². The van der Waals surface area contributed by atoms with Crippen LogP contribution >= 0.6 is 11.6 Å². The van der Waals surface area contributed by atoms with Crippen LogP contribution in [0.5, 0.6) is 5.75 Å². The molecule has 2 N–H and O–H groups in total. The van der Waals surface area contributed by atoms with Gasteiger partial charge in [-0.05, 0) is 42.5 Å². The Morgan fingerprint density at radius 1 is 1.33 bits per heavy atom. The van der Waals surface area contributed by atoms with Gasteiger partial charge in [0.1, 0.15) is 5.75 Å². The van der Waals surface area contributed by atoms with E-state index in [1.807, 2.05) is 12.1 Å². The lowest BCUT2D eigenvalue weighted by atomic mass is 10.1. The van der Waals surface area contributed by atoms with E-state index in [0.717, 1.165) is 43.6 Å². The van der Waals surface area contributed by atoms with Crippen molar-refractivity contribution in [2.45, 2.75) is 32.6 Å². The van der Waals surface area contributed by atoms with Crippen molar-refractivity contribution >= 4 is 11.6 Å². The quantitative estimate of drug-likeness (QED) is 0.726. The molecule has 1 aromatic rings. The van der Waals surface area contributed by atoms with Gasteiger partial charge in [-0.15, -0.1) is 0 Å². The Morgan fingerprint density at radius 2 is 2.06 bits per heavy atom. The molecule has 0 saturated heterocycles. The topological polar surface area (TPSA) is 35.2 Å². The number of nitrogens with two attached hydrogens (primary N) is 1. The third-order valence-electron chi connectivity index (χ3n) is 2.84. The lowest BCUT2D eigenvalue weighted by Crippen LogP contribution is -2.03. The average molecular weight is 268 g/mol. The van der Waals surface area contributed by atoms with Crippen molar-refractivity contribution in [3.05, 3.63) is 40.9 Å². The number of unbranched alkanes of at least 4 members (excludes halogenated alkanes) is 1. The van der Waals surface area contributed by atoms with Crippen LogP contribution < -0.4 is 10.5 Å². The van der Waals surface area contributed by atoms with Crippen LogP contribution in [0, 0.1) is 0 Å². The summed E-state index contributed by atoms with van der Waals surface area (Å²) in [5.74, 6) is 0.944. The number of halogens is 1. The van der Waals surface area contributed by atoms with Crippen LogP contribution in [0.1, 0.15) is 31.7 Å². The van der Waals surface area contributed by atoms with Gasteiger partial charge in [-0.2, -0.15) is 0 Å². The van der Waals surface area contributed by atoms with E-state index >= 15 is 0 Å². The van der Waals surface area contributed by atoms with Gasteiger partial charge in [-0.25, -0.2) is 0 Å². The lowest BCUT2D eigenvalue weighted by Gasteiger charge is -2.07. The Balaban J connectivity index is 2.40. The summed E-state index contributed by atoms with van der Waals surface area (Å²) in [6, 6.07) is 8.25. The van der Waals surface area contributed by atoms with E-state index in [2.05, 4.69) is 19.1 Å². The molecule has 100 valence electrons. The molecule has 0 aromatic heterocycles. The first-order chi connectivity index (χ1) is 8.80. The standard InChI is InChI=1S/C15H22ClNO/c1-2-3-10-18-15-8-6-13(7-9-15)4-5-14(11-16)12-17/h6-9,11H,2-5,10,12,17H2,1H3. The molecule has 0 aliphatic carbocycles. The Morgan fingerprint density at radius 3 is 2.61 bits per heavy atom. The lowest BCUT2D eigenvalue weighted by molar-refractivity contribution is 0.309. The minimum absolute atomic E-state index is 0.529. The van der Waals surface area contributed by atoms with E-state index in [1.165, 1.54) is 5.56 Å². The molecule has 0 bridgehead atoms. The largest absolute Gasteiger partial charge is 0.494 e. The molecule has 0 spiro atoms. The van der Waals surface area contributed by atoms with Gasteiger partial charge in [0.25, 0.3) is 0 Å². The van der Waals surface area contributed by atoms with E-state index in [1.54, 1.807) is 5.54 Å². The molecule has 0 unspecified atom stereocenters. The molecule has 0 radical (unpaired) electrons. The molecule has 0 saturated carbocycles. The predicted molar refractivity (Wildman–Crippen MR) is 78.2 cm³/mol. The maximum absolute atomic E-state index is 5.67. The van der Waals surface area contributed by atoms with Crippen LogP contribution in [0.3, 0.4) is 0 Å². The normalized spacial score (nSPS) is 11.6. The average Bonchev–Trinajstić information content (AvgIpc) is 2.42. The zero-order valence-corrected chi connectivity index (χ0v) is 11.7. The summed E-state index contributed by atoms with van der Waals surface area (Å²) in [4.78, 5) is 0. The van der Waals surface area contributed by atoms with Crippen molar-refractivity contribution in [3.63, 3.8) is 0 Å². The summed E-state index contributed by atoms with van der Waals surface area (Å²) < 4.78 is 5.62. The van der Waals surface area contributed by atoms with E-state index in [0.29, 0.717) is 6.54 Å². The second-order valence-corrected chi connectivity index (χ2v) is 4.54. The second kappa shape index (κ2) is 9.01. The van der Waals surface area contributed by atoms with Gasteiger partial charge in [0, 0.05) is 12.1 Å². The molecule has 2 nitrogen and oxygen atoms in total. The minimum Gasteiger partial charge on any atom is -0.494 e. The summed E-state index contributed by atoms with van der Waals surface area (Å²) >= 11 is 5.67. The number of aryl methyl sites for hydroxylation is 1. The Kier molecular flexibility index (Phi) is 7.54. The summed E-state index contributed by atoms with van der Waals surface area (Å²) in [6.45, 7) is 3.48. The van der Waals surface area contributed by atoms with E-state index in [-0.39, 0.29) is 0 Å². The van der Waals surface area contributed by atoms with Crippen LogP contribution in [-0.4, -0.2) is 13.2 Å². The number of hydrogen-bond donors (Lipinski definition) is 1. The fraction of sp³-hybridized carbons (Fsp3) is 0.467. The maximum Gasteiger partial charge on any atom is 0.119 e. The molecule has 0 atom stereocenters. The summed E-state index contributed by atoms with van der Waals surface area (Å²) in [5.41, 5.74) is 9.52. The van der Waals surface area contributed by atoms with Crippen LogP contribution in [0.4, 0.5) is 0 Å². The SMILES string of the molecule is CCCCOc1ccc(CCC(=CCl)CN)cc1. The van der Waals surface area contributed by atoms with E-state index < -0.39 is 0 Å². The zero-order chi connectivity index (χ0) is 13.2.